The molecule has 0 saturated heterocycles. The van der Waals surface area contributed by atoms with Crippen molar-refractivity contribution >= 4 is 5.97 Å². The van der Waals surface area contributed by atoms with Gasteiger partial charge in [0.05, 0.1) is 0 Å². The fraction of sp³-hybridized carbons (Fsp3) is 0.812. The summed E-state index contributed by atoms with van der Waals surface area (Å²) in [5, 5.41) is 0. The number of ether oxygens (including phenoxy) is 1. The molecular weight excluding hydrogens is 315 g/mol. The van der Waals surface area contributed by atoms with Crippen LogP contribution in [0.1, 0.15) is 53.4 Å². The fourth-order valence-corrected chi connectivity index (χ4v) is 16.9. The summed E-state index contributed by atoms with van der Waals surface area (Å²) in [6, 6.07) is 0. The Morgan fingerprint density at radius 1 is 1.00 bits per heavy atom. The van der Waals surface area contributed by atoms with E-state index in [-0.39, 0.29) is 5.97 Å². The molecule has 0 fully saturated rings. The number of esters is 1. The SMILES string of the molecule is CC=CC(=O)OCC[CH2][Zr]([CH2]CC)([CH2]CC)[CH2]CC. The molecule has 2 nitrogen and oxygen atoms in total. The van der Waals surface area contributed by atoms with Crippen LogP contribution in [0, 0.1) is 0 Å². The average Bonchev–Trinajstić information content (AvgIpc) is 2.36. The van der Waals surface area contributed by atoms with E-state index in [0.29, 0.717) is 6.61 Å². The molecular formula is C16H32O2Zr. The van der Waals surface area contributed by atoms with E-state index in [9.17, 15) is 4.79 Å². The fourth-order valence-electron chi connectivity index (χ4n) is 3.15. The third-order valence-corrected chi connectivity index (χ3v) is 18.7. The molecule has 0 heterocycles. The molecule has 0 saturated carbocycles. The third-order valence-electron chi connectivity index (χ3n) is 3.74. The summed E-state index contributed by atoms with van der Waals surface area (Å²) >= 11 is -1.90. The Morgan fingerprint density at radius 3 is 1.95 bits per heavy atom. The maximum absolute atomic E-state index is 11.3. The topological polar surface area (TPSA) is 26.3 Å². The molecule has 0 aliphatic heterocycles. The van der Waals surface area contributed by atoms with Crippen LogP contribution in [0.25, 0.3) is 0 Å². The molecule has 0 atom stereocenters. The van der Waals surface area contributed by atoms with Crippen LogP contribution in [0.4, 0.5) is 0 Å². The second-order valence-electron chi connectivity index (χ2n) is 5.52. The first kappa shape index (κ1) is 19.1. The van der Waals surface area contributed by atoms with Gasteiger partial charge in [0.15, 0.2) is 0 Å². The van der Waals surface area contributed by atoms with Gasteiger partial charge in [0.25, 0.3) is 0 Å². The molecule has 3 heteroatoms. The van der Waals surface area contributed by atoms with Gasteiger partial charge >= 0.3 is 124 Å². The third kappa shape index (κ3) is 8.79. The molecule has 0 N–H and O–H groups in total. The second kappa shape index (κ2) is 11.9. The first-order chi connectivity index (χ1) is 9.14. The van der Waals surface area contributed by atoms with Crippen molar-refractivity contribution in [3.05, 3.63) is 12.2 Å². The molecule has 0 spiro atoms. The van der Waals surface area contributed by atoms with E-state index >= 15 is 0 Å². The predicted octanol–water partition coefficient (Wildman–Crippen LogP) is 5.55. The number of carbonyl (C=O) groups excluding carboxylic acids is 1. The second-order valence-corrected chi connectivity index (χ2v) is 17.8. The zero-order valence-corrected chi connectivity index (χ0v) is 15.8. The first-order valence-corrected chi connectivity index (χ1v) is 14.9. The van der Waals surface area contributed by atoms with Crippen molar-refractivity contribution in [3.63, 3.8) is 0 Å². The van der Waals surface area contributed by atoms with E-state index in [1.54, 1.807) is 6.08 Å². The minimum absolute atomic E-state index is 0.190. The Balaban J connectivity index is 4.20. The van der Waals surface area contributed by atoms with Gasteiger partial charge in [-0.05, 0) is 0 Å². The molecule has 0 aliphatic carbocycles. The zero-order valence-electron chi connectivity index (χ0n) is 13.3. The molecule has 0 radical (unpaired) electrons. The molecule has 0 aliphatic rings. The summed E-state index contributed by atoms with van der Waals surface area (Å²) in [5.41, 5.74) is 0. The molecule has 0 bridgehead atoms. The van der Waals surface area contributed by atoms with Crippen molar-refractivity contribution in [2.75, 3.05) is 6.61 Å². The van der Waals surface area contributed by atoms with Crippen LogP contribution in [0.15, 0.2) is 12.2 Å². The predicted molar refractivity (Wildman–Crippen MR) is 80.5 cm³/mol. The minimum atomic E-state index is -1.90. The number of hydrogen-bond donors (Lipinski definition) is 0. The van der Waals surface area contributed by atoms with Crippen LogP contribution in [0.3, 0.4) is 0 Å². The van der Waals surface area contributed by atoms with Gasteiger partial charge in [-0.15, -0.1) is 0 Å². The summed E-state index contributed by atoms with van der Waals surface area (Å²) in [4.78, 5) is 11.3. The van der Waals surface area contributed by atoms with Crippen LogP contribution >= 0.6 is 0 Å². The normalized spacial score (nSPS) is 12.0. The van der Waals surface area contributed by atoms with E-state index < -0.39 is 20.3 Å². The quantitative estimate of drug-likeness (QED) is 0.278. The molecule has 0 rings (SSSR count). The van der Waals surface area contributed by atoms with E-state index in [1.165, 1.54) is 41.9 Å². The van der Waals surface area contributed by atoms with Crippen molar-refractivity contribution in [1.82, 2.24) is 0 Å². The van der Waals surface area contributed by atoms with Gasteiger partial charge in [0.2, 0.25) is 0 Å². The van der Waals surface area contributed by atoms with E-state index in [0.717, 1.165) is 6.42 Å². The van der Waals surface area contributed by atoms with Crippen LogP contribution in [-0.4, -0.2) is 12.6 Å². The maximum atomic E-state index is 11.3. The van der Waals surface area contributed by atoms with E-state index in [1.807, 2.05) is 6.92 Å². The molecule has 0 aromatic heterocycles. The summed E-state index contributed by atoms with van der Waals surface area (Å²) in [5.74, 6) is -0.190. The molecule has 112 valence electrons. The Labute approximate surface area is 124 Å². The van der Waals surface area contributed by atoms with Gasteiger partial charge in [0.1, 0.15) is 0 Å². The molecule has 0 aromatic carbocycles. The van der Waals surface area contributed by atoms with Gasteiger partial charge in [-0.2, -0.15) is 0 Å². The van der Waals surface area contributed by atoms with Gasteiger partial charge in [-0.1, -0.05) is 0 Å². The van der Waals surface area contributed by atoms with Gasteiger partial charge in [-0.3, -0.25) is 0 Å². The summed E-state index contributed by atoms with van der Waals surface area (Å²) < 4.78 is 11.2. The van der Waals surface area contributed by atoms with Crippen LogP contribution < -0.4 is 0 Å². The summed E-state index contributed by atoms with van der Waals surface area (Å²) in [6.07, 6.45) is 8.34. The van der Waals surface area contributed by atoms with Crippen LogP contribution in [0.5, 0.6) is 0 Å². The Hall–Kier alpha value is 0.0931. The number of rotatable bonds is 11. The first-order valence-electron chi connectivity index (χ1n) is 7.93. The van der Waals surface area contributed by atoms with Crippen molar-refractivity contribution in [2.24, 2.45) is 0 Å². The molecule has 0 unspecified atom stereocenters. The van der Waals surface area contributed by atoms with Crippen molar-refractivity contribution in [2.45, 2.75) is 69.9 Å². The number of carbonyl (C=O) groups is 1. The summed E-state index contributed by atoms with van der Waals surface area (Å²) in [7, 11) is 0. The Bertz CT molecular complexity index is 244. The average molecular weight is 348 g/mol. The monoisotopic (exact) mass is 346 g/mol. The van der Waals surface area contributed by atoms with E-state index in [4.69, 9.17) is 4.74 Å². The van der Waals surface area contributed by atoms with Gasteiger partial charge < -0.3 is 0 Å². The van der Waals surface area contributed by atoms with Crippen molar-refractivity contribution in [1.29, 1.82) is 0 Å². The van der Waals surface area contributed by atoms with Crippen molar-refractivity contribution in [3.8, 4) is 0 Å². The standard InChI is InChI=1S/C7H11O2.3C3H7.Zr/c1-3-5-7(8)9-6-4-2;3*1-3-2;/h3,5H,2,4,6H2,1H3;3*1,3H2,2H3;. The molecule has 0 aromatic rings. The van der Waals surface area contributed by atoms with E-state index in [2.05, 4.69) is 20.8 Å². The van der Waals surface area contributed by atoms with Gasteiger partial charge in [0, 0.05) is 0 Å². The van der Waals surface area contributed by atoms with Crippen LogP contribution in [-0.2, 0) is 29.8 Å². The number of hydrogen-bond acceptors (Lipinski definition) is 2. The molecule has 0 amide bonds. The summed E-state index contributed by atoms with van der Waals surface area (Å²) in [6.45, 7) is 9.42. The molecule has 19 heavy (non-hydrogen) atoms. The Kier molecular flexibility index (Phi) is 11.9. The Morgan fingerprint density at radius 2 is 1.53 bits per heavy atom. The zero-order chi connectivity index (χ0) is 14.6. The van der Waals surface area contributed by atoms with Gasteiger partial charge in [-0.25, -0.2) is 0 Å². The van der Waals surface area contributed by atoms with Crippen molar-refractivity contribution < 1.29 is 29.8 Å². The van der Waals surface area contributed by atoms with Crippen LogP contribution in [0.2, 0.25) is 16.5 Å². The number of allylic oxidation sites excluding steroid dienone is 1.